The number of rotatable bonds is 11. The number of aromatic nitrogens is 3. The van der Waals surface area contributed by atoms with E-state index in [1.54, 1.807) is 84.0 Å². The van der Waals surface area contributed by atoms with Crippen LogP contribution in [0.5, 0.6) is 5.75 Å². The maximum absolute atomic E-state index is 14.1. The Morgan fingerprint density at radius 2 is 1.56 bits per heavy atom. The van der Waals surface area contributed by atoms with Crippen molar-refractivity contribution in [1.29, 1.82) is 0 Å². The number of hydrogen-bond donors (Lipinski definition) is 0. The summed E-state index contributed by atoms with van der Waals surface area (Å²) in [5.41, 5.74) is -3.72. The molecule has 1 aliphatic carbocycles. The SMILES string of the molecule is CC(C)(C)OC(=O)C(CCn1nnc2ccccc2c1=O)(CC(=O)c1cc2cc(OCC3CCCCC3)ccc2o1)C(=O)OC(C)(C)C. The molecular weight excluding hydrogens is 614 g/mol. The van der Waals surface area contributed by atoms with Gasteiger partial charge in [0.1, 0.15) is 28.1 Å². The standard InChI is InChI=1S/C37H45N3O8/c1-35(2,3)47-33(43)37(34(44)48-36(4,5)6,18-19-40-32(42)27-14-10-11-15-28(27)38-39-40)22-29(41)31-21-25-20-26(16-17-30(25)46-31)45-23-24-12-8-7-9-13-24/h10-11,14-17,20-21,24H,7-9,12-13,18-19,22-23H2,1-6H3. The van der Waals surface area contributed by atoms with E-state index in [9.17, 15) is 19.2 Å². The molecule has 0 aliphatic heterocycles. The lowest BCUT2D eigenvalue weighted by atomic mass is 9.78. The molecule has 1 fully saturated rings. The van der Waals surface area contributed by atoms with E-state index in [4.69, 9.17) is 18.6 Å². The molecule has 0 N–H and O–H groups in total. The molecule has 1 aliphatic rings. The molecule has 0 atom stereocenters. The quantitative estimate of drug-likeness (QED) is 0.0956. The minimum absolute atomic E-state index is 0.0337. The average molecular weight is 660 g/mol. The summed E-state index contributed by atoms with van der Waals surface area (Å²) in [5, 5.41) is 9.13. The third kappa shape index (κ3) is 8.29. The largest absolute Gasteiger partial charge is 0.493 e. The van der Waals surface area contributed by atoms with Crippen LogP contribution in [0.15, 0.2) is 57.7 Å². The van der Waals surface area contributed by atoms with Crippen molar-refractivity contribution in [2.45, 2.75) is 104 Å². The van der Waals surface area contributed by atoms with Gasteiger partial charge in [-0.3, -0.25) is 19.2 Å². The molecule has 5 rings (SSSR count). The monoisotopic (exact) mass is 659 g/mol. The van der Waals surface area contributed by atoms with E-state index in [1.165, 1.54) is 19.3 Å². The molecule has 256 valence electrons. The van der Waals surface area contributed by atoms with Crippen LogP contribution in [0.2, 0.25) is 0 Å². The second kappa shape index (κ2) is 13.9. The molecule has 0 bridgehead atoms. The Morgan fingerprint density at radius 3 is 2.23 bits per heavy atom. The third-order valence-electron chi connectivity index (χ3n) is 8.39. The number of benzene rings is 2. The molecule has 11 heteroatoms. The molecule has 4 aromatic rings. The number of aryl methyl sites for hydroxylation is 1. The summed E-state index contributed by atoms with van der Waals surface area (Å²) in [7, 11) is 0. The van der Waals surface area contributed by atoms with Gasteiger partial charge in [0.05, 0.1) is 12.0 Å². The predicted molar refractivity (Wildman–Crippen MR) is 180 cm³/mol. The predicted octanol–water partition coefficient (Wildman–Crippen LogP) is 6.83. The zero-order chi connectivity index (χ0) is 34.7. The summed E-state index contributed by atoms with van der Waals surface area (Å²) in [6.45, 7) is 10.4. The van der Waals surface area contributed by atoms with Crippen LogP contribution in [-0.4, -0.2) is 50.5 Å². The highest BCUT2D eigenvalue weighted by Gasteiger charge is 2.53. The van der Waals surface area contributed by atoms with Gasteiger partial charge in [-0.2, -0.15) is 0 Å². The van der Waals surface area contributed by atoms with Gasteiger partial charge in [0.15, 0.2) is 17.0 Å². The molecule has 0 unspecified atom stereocenters. The summed E-state index contributed by atoms with van der Waals surface area (Å²) in [4.78, 5) is 55.4. The van der Waals surface area contributed by atoms with Crippen molar-refractivity contribution < 1.29 is 33.0 Å². The highest BCUT2D eigenvalue weighted by Crippen LogP contribution is 2.37. The highest BCUT2D eigenvalue weighted by molar-refractivity contribution is 6.08. The summed E-state index contributed by atoms with van der Waals surface area (Å²) >= 11 is 0. The molecule has 1 saturated carbocycles. The van der Waals surface area contributed by atoms with Crippen LogP contribution in [0.4, 0.5) is 0 Å². The maximum atomic E-state index is 14.1. The molecule has 48 heavy (non-hydrogen) atoms. The molecule has 11 nitrogen and oxygen atoms in total. The first-order chi connectivity index (χ1) is 22.6. The Bertz CT molecular complexity index is 1830. The van der Waals surface area contributed by atoms with E-state index in [0.717, 1.165) is 17.5 Å². The zero-order valence-corrected chi connectivity index (χ0v) is 28.7. The van der Waals surface area contributed by atoms with Gasteiger partial charge in [-0.05, 0) is 103 Å². The lowest BCUT2D eigenvalue weighted by Gasteiger charge is -2.34. The molecule has 0 saturated heterocycles. The topological polar surface area (TPSA) is 140 Å². The van der Waals surface area contributed by atoms with E-state index < -0.39 is 46.3 Å². The van der Waals surface area contributed by atoms with E-state index >= 15 is 0 Å². The Balaban J connectivity index is 1.47. The minimum Gasteiger partial charge on any atom is -0.493 e. The van der Waals surface area contributed by atoms with Crippen molar-refractivity contribution in [3.05, 3.63) is 64.6 Å². The van der Waals surface area contributed by atoms with Crippen molar-refractivity contribution >= 4 is 39.6 Å². The second-order valence-corrected chi connectivity index (χ2v) is 14.7. The smallest absolute Gasteiger partial charge is 0.324 e. The number of fused-ring (bicyclic) bond motifs is 2. The highest BCUT2D eigenvalue weighted by atomic mass is 16.6. The number of hydrogen-bond acceptors (Lipinski definition) is 10. The van der Waals surface area contributed by atoms with E-state index in [2.05, 4.69) is 10.3 Å². The fourth-order valence-electron chi connectivity index (χ4n) is 5.92. The number of carbonyl (C=O) groups excluding carboxylic acids is 3. The summed E-state index contributed by atoms with van der Waals surface area (Å²) in [6, 6.07) is 13.7. The Morgan fingerprint density at radius 1 is 0.896 bits per heavy atom. The summed E-state index contributed by atoms with van der Waals surface area (Å²) in [6.07, 6.45) is 5.08. The van der Waals surface area contributed by atoms with Crippen LogP contribution < -0.4 is 10.3 Å². The van der Waals surface area contributed by atoms with Crippen molar-refractivity contribution in [2.24, 2.45) is 11.3 Å². The van der Waals surface area contributed by atoms with Gasteiger partial charge in [0.25, 0.3) is 5.56 Å². The number of carbonyl (C=O) groups is 3. The van der Waals surface area contributed by atoms with Gasteiger partial charge in [-0.15, -0.1) is 5.10 Å². The first kappa shape index (κ1) is 34.8. The van der Waals surface area contributed by atoms with E-state index in [0.29, 0.717) is 40.1 Å². The van der Waals surface area contributed by atoms with E-state index in [-0.39, 0.29) is 18.7 Å². The Hall–Kier alpha value is -4.54. The van der Waals surface area contributed by atoms with Crippen LogP contribution in [0.25, 0.3) is 21.9 Å². The number of ketones is 1. The summed E-state index contributed by atoms with van der Waals surface area (Å²) < 4.78 is 24.6. The number of esters is 2. The lowest BCUT2D eigenvalue weighted by molar-refractivity contribution is -0.186. The van der Waals surface area contributed by atoms with Gasteiger partial charge < -0.3 is 18.6 Å². The maximum Gasteiger partial charge on any atom is 0.324 e. The van der Waals surface area contributed by atoms with Crippen LogP contribution in [0, 0.1) is 11.3 Å². The van der Waals surface area contributed by atoms with Crippen molar-refractivity contribution in [3.8, 4) is 5.75 Å². The molecule has 2 heterocycles. The number of furan rings is 1. The van der Waals surface area contributed by atoms with Crippen LogP contribution >= 0.6 is 0 Å². The fourth-order valence-corrected chi connectivity index (χ4v) is 5.92. The number of nitrogens with zero attached hydrogens (tertiary/aromatic N) is 3. The molecule has 2 aromatic heterocycles. The molecule has 0 spiro atoms. The van der Waals surface area contributed by atoms with Gasteiger partial charge in [0.2, 0.25) is 0 Å². The van der Waals surface area contributed by atoms with Gasteiger partial charge >= 0.3 is 11.9 Å². The van der Waals surface area contributed by atoms with Gasteiger partial charge in [-0.25, -0.2) is 4.68 Å². The molecular formula is C37H45N3O8. The lowest BCUT2D eigenvalue weighted by Crippen LogP contribution is -2.49. The second-order valence-electron chi connectivity index (χ2n) is 14.7. The van der Waals surface area contributed by atoms with E-state index in [1.807, 2.05) is 6.07 Å². The fraction of sp³-hybridized carbons (Fsp3) is 0.514. The van der Waals surface area contributed by atoms with Crippen LogP contribution in [0.1, 0.15) is 97.0 Å². The van der Waals surface area contributed by atoms with Crippen LogP contribution in [0.3, 0.4) is 0 Å². The normalized spacial score (nSPS) is 14.6. The Kier molecular flexibility index (Phi) is 10.1. The number of ether oxygens (including phenoxy) is 3. The molecule has 0 radical (unpaired) electrons. The minimum atomic E-state index is -2.14. The van der Waals surface area contributed by atoms with Gasteiger partial charge in [-0.1, -0.05) is 36.6 Å². The number of Topliss-reactive ketones (excluding diaryl/α,β-unsaturated/α-hetero) is 1. The first-order valence-electron chi connectivity index (χ1n) is 16.6. The van der Waals surface area contributed by atoms with Crippen molar-refractivity contribution in [1.82, 2.24) is 15.0 Å². The van der Waals surface area contributed by atoms with Gasteiger partial charge in [0, 0.05) is 18.4 Å². The van der Waals surface area contributed by atoms with Crippen molar-refractivity contribution in [2.75, 3.05) is 6.61 Å². The summed E-state index contributed by atoms with van der Waals surface area (Å²) in [5.74, 6) is -1.34. The third-order valence-corrected chi connectivity index (χ3v) is 8.39. The van der Waals surface area contributed by atoms with Crippen LogP contribution in [-0.2, 0) is 25.6 Å². The molecule has 2 aromatic carbocycles. The first-order valence-corrected chi connectivity index (χ1v) is 16.6. The zero-order valence-electron chi connectivity index (χ0n) is 28.7. The molecule has 0 amide bonds. The Labute approximate surface area is 279 Å². The average Bonchev–Trinajstić information content (AvgIpc) is 3.45. The van der Waals surface area contributed by atoms with Crippen molar-refractivity contribution in [3.63, 3.8) is 0 Å².